The van der Waals surface area contributed by atoms with Crippen LogP contribution in [0, 0.1) is 0 Å². The summed E-state index contributed by atoms with van der Waals surface area (Å²) in [5, 5.41) is 2.19. The Morgan fingerprint density at radius 2 is 1.78 bits per heavy atom. The van der Waals surface area contributed by atoms with Crippen LogP contribution in [-0.2, 0) is 0 Å². The molecule has 0 aliphatic rings. The molecule has 0 fully saturated rings. The summed E-state index contributed by atoms with van der Waals surface area (Å²) < 4.78 is 6.25. The fourth-order valence-electron chi connectivity index (χ4n) is 2.44. The van der Waals surface area contributed by atoms with Crippen LogP contribution in [0.3, 0.4) is 0 Å². The lowest BCUT2D eigenvalue weighted by atomic mass is 10.0. The Kier molecular flexibility index (Phi) is 4.58. The molecule has 3 aromatic rings. The summed E-state index contributed by atoms with van der Waals surface area (Å²) in [5.74, 6) is 0.702. The Hall–Kier alpha value is -2.39. The summed E-state index contributed by atoms with van der Waals surface area (Å²) in [7, 11) is 1.62. The zero-order valence-electron chi connectivity index (χ0n) is 12.6. The molecular formula is C20H15BrO2. The first-order valence-electron chi connectivity index (χ1n) is 7.22. The molecule has 0 N–H and O–H groups in total. The molecule has 0 aliphatic carbocycles. The summed E-state index contributed by atoms with van der Waals surface area (Å²) >= 11 is 3.43. The highest BCUT2D eigenvalue weighted by atomic mass is 79.9. The van der Waals surface area contributed by atoms with Crippen molar-refractivity contribution in [2.24, 2.45) is 0 Å². The van der Waals surface area contributed by atoms with Gasteiger partial charge in [-0.15, -0.1) is 0 Å². The van der Waals surface area contributed by atoms with Crippen LogP contribution in [0.25, 0.3) is 16.8 Å². The molecule has 114 valence electrons. The zero-order chi connectivity index (χ0) is 16.2. The van der Waals surface area contributed by atoms with E-state index in [1.54, 1.807) is 19.3 Å². The monoisotopic (exact) mass is 366 g/mol. The fourth-order valence-corrected chi connectivity index (χ4v) is 2.82. The minimum atomic E-state index is -0.0298. The number of halogens is 1. The lowest BCUT2D eigenvalue weighted by Crippen LogP contribution is -1.94. The van der Waals surface area contributed by atoms with Gasteiger partial charge in [0.1, 0.15) is 5.75 Å². The van der Waals surface area contributed by atoms with Crippen LogP contribution in [0.15, 0.2) is 71.2 Å². The van der Waals surface area contributed by atoms with Gasteiger partial charge in [-0.1, -0.05) is 52.3 Å². The molecule has 0 aromatic heterocycles. The van der Waals surface area contributed by atoms with E-state index in [2.05, 4.69) is 15.9 Å². The largest absolute Gasteiger partial charge is 0.496 e. The number of fused-ring (bicyclic) bond motifs is 1. The molecule has 0 aliphatic heterocycles. The molecular weight excluding hydrogens is 352 g/mol. The molecule has 0 saturated carbocycles. The summed E-state index contributed by atoms with van der Waals surface area (Å²) in [4.78, 5) is 12.4. The van der Waals surface area contributed by atoms with Crippen molar-refractivity contribution in [3.63, 3.8) is 0 Å². The molecule has 0 heterocycles. The predicted molar refractivity (Wildman–Crippen MR) is 98.0 cm³/mol. The SMILES string of the molecule is COc1ccc(Br)cc1C=CC(=O)c1ccc2ccccc2c1. The third-order valence-corrected chi connectivity index (χ3v) is 4.13. The maximum absolute atomic E-state index is 12.4. The number of benzene rings is 3. The highest BCUT2D eigenvalue weighted by Crippen LogP contribution is 2.24. The average molecular weight is 367 g/mol. The lowest BCUT2D eigenvalue weighted by Gasteiger charge is -2.05. The summed E-state index contributed by atoms with van der Waals surface area (Å²) in [6.07, 6.45) is 3.36. The first kappa shape index (κ1) is 15.5. The van der Waals surface area contributed by atoms with Crippen LogP contribution < -0.4 is 4.74 Å². The van der Waals surface area contributed by atoms with E-state index in [1.165, 1.54) is 0 Å². The molecule has 23 heavy (non-hydrogen) atoms. The van der Waals surface area contributed by atoms with Gasteiger partial charge >= 0.3 is 0 Å². The Morgan fingerprint density at radius 3 is 2.57 bits per heavy atom. The van der Waals surface area contributed by atoms with Gasteiger partial charge in [0.15, 0.2) is 5.78 Å². The molecule has 3 heteroatoms. The van der Waals surface area contributed by atoms with Crippen LogP contribution in [0.1, 0.15) is 15.9 Å². The van der Waals surface area contributed by atoms with Crippen molar-refractivity contribution >= 4 is 38.6 Å². The molecule has 0 bridgehead atoms. The van der Waals surface area contributed by atoms with E-state index in [1.807, 2.05) is 60.7 Å². The molecule has 0 atom stereocenters. The molecule has 2 nitrogen and oxygen atoms in total. The van der Waals surface area contributed by atoms with Crippen molar-refractivity contribution in [3.05, 3.63) is 82.3 Å². The van der Waals surface area contributed by atoms with Gasteiger partial charge in [-0.2, -0.15) is 0 Å². The standard InChI is InChI=1S/C20H15BrO2/c1-23-20-11-9-18(21)13-17(20)8-10-19(22)16-7-6-14-4-2-3-5-15(14)12-16/h2-13H,1H3. The third kappa shape index (κ3) is 3.51. The van der Waals surface area contributed by atoms with E-state index in [9.17, 15) is 4.79 Å². The predicted octanol–water partition coefficient (Wildman–Crippen LogP) is 5.51. The van der Waals surface area contributed by atoms with Gasteiger partial charge in [-0.25, -0.2) is 0 Å². The molecule has 0 radical (unpaired) electrons. The second-order valence-corrected chi connectivity index (χ2v) is 6.06. The van der Waals surface area contributed by atoms with Gasteiger partial charge in [0.05, 0.1) is 7.11 Å². The molecule has 3 aromatic carbocycles. The molecule has 0 saturated heterocycles. The van der Waals surface area contributed by atoms with Gasteiger partial charge < -0.3 is 4.74 Å². The normalized spacial score (nSPS) is 11.0. The van der Waals surface area contributed by atoms with Crippen molar-refractivity contribution in [3.8, 4) is 5.75 Å². The van der Waals surface area contributed by atoms with Crippen molar-refractivity contribution in [1.29, 1.82) is 0 Å². The van der Waals surface area contributed by atoms with Gasteiger partial charge in [0.25, 0.3) is 0 Å². The van der Waals surface area contributed by atoms with Gasteiger partial charge in [0.2, 0.25) is 0 Å². The second-order valence-electron chi connectivity index (χ2n) is 5.15. The van der Waals surface area contributed by atoms with Crippen molar-refractivity contribution < 1.29 is 9.53 Å². The second kappa shape index (κ2) is 6.80. The quantitative estimate of drug-likeness (QED) is 0.449. The summed E-state index contributed by atoms with van der Waals surface area (Å²) in [6.45, 7) is 0. The van der Waals surface area contributed by atoms with E-state index >= 15 is 0 Å². The number of carbonyl (C=O) groups is 1. The Balaban J connectivity index is 1.89. The first-order valence-corrected chi connectivity index (χ1v) is 8.01. The van der Waals surface area contributed by atoms with Crippen LogP contribution in [0.4, 0.5) is 0 Å². The fraction of sp³-hybridized carbons (Fsp3) is 0.0500. The molecule has 3 rings (SSSR count). The number of hydrogen-bond donors (Lipinski definition) is 0. The van der Waals surface area contributed by atoms with Crippen LogP contribution >= 0.6 is 15.9 Å². The number of methoxy groups -OCH3 is 1. The highest BCUT2D eigenvalue weighted by Gasteiger charge is 2.05. The highest BCUT2D eigenvalue weighted by molar-refractivity contribution is 9.10. The minimum Gasteiger partial charge on any atom is -0.496 e. The van der Waals surface area contributed by atoms with Gasteiger partial charge in [0, 0.05) is 15.6 Å². The van der Waals surface area contributed by atoms with E-state index in [4.69, 9.17) is 4.74 Å². The molecule has 0 spiro atoms. The Bertz CT molecular complexity index is 897. The smallest absolute Gasteiger partial charge is 0.185 e. The van der Waals surface area contributed by atoms with Crippen molar-refractivity contribution in [2.45, 2.75) is 0 Å². The average Bonchev–Trinajstić information content (AvgIpc) is 2.59. The number of rotatable bonds is 4. The number of ether oxygens (including phenoxy) is 1. The maximum Gasteiger partial charge on any atom is 0.185 e. The number of allylic oxidation sites excluding steroid dienone is 1. The maximum atomic E-state index is 12.4. The summed E-state index contributed by atoms with van der Waals surface area (Å²) in [5.41, 5.74) is 1.53. The lowest BCUT2D eigenvalue weighted by molar-refractivity contribution is 0.104. The van der Waals surface area contributed by atoms with E-state index in [-0.39, 0.29) is 5.78 Å². The van der Waals surface area contributed by atoms with E-state index in [0.29, 0.717) is 5.56 Å². The molecule has 0 unspecified atom stereocenters. The topological polar surface area (TPSA) is 26.3 Å². The minimum absolute atomic E-state index is 0.0298. The van der Waals surface area contributed by atoms with E-state index < -0.39 is 0 Å². The van der Waals surface area contributed by atoms with Crippen molar-refractivity contribution in [2.75, 3.05) is 7.11 Å². The van der Waals surface area contributed by atoms with Crippen LogP contribution in [-0.4, -0.2) is 12.9 Å². The first-order chi connectivity index (χ1) is 11.2. The number of carbonyl (C=O) groups excluding carboxylic acids is 1. The van der Waals surface area contributed by atoms with Gasteiger partial charge in [-0.3, -0.25) is 4.79 Å². The van der Waals surface area contributed by atoms with Crippen molar-refractivity contribution in [1.82, 2.24) is 0 Å². The summed E-state index contributed by atoms with van der Waals surface area (Å²) in [6, 6.07) is 19.4. The zero-order valence-corrected chi connectivity index (χ0v) is 14.2. The van der Waals surface area contributed by atoms with Crippen LogP contribution in [0.5, 0.6) is 5.75 Å². The number of hydrogen-bond acceptors (Lipinski definition) is 2. The Morgan fingerprint density at radius 1 is 1.00 bits per heavy atom. The third-order valence-electron chi connectivity index (χ3n) is 3.64. The Labute approximate surface area is 143 Å². The van der Waals surface area contributed by atoms with Gasteiger partial charge in [-0.05, 0) is 47.2 Å². The van der Waals surface area contributed by atoms with Crippen LogP contribution in [0.2, 0.25) is 0 Å². The number of ketones is 1. The molecule has 0 amide bonds. The van der Waals surface area contributed by atoms with E-state index in [0.717, 1.165) is 26.6 Å².